The maximum Gasteiger partial charge on any atom is 0.326 e. The molecule has 2 fully saturated rings. The van der Waals surface area contributed by atoms with Crippen molar-refractivity contribution in [2.45, 2.75) is 57.3 Å². The molecule has 3 rings (SSSR count). The molecule has 5 atom stereocenters. The monoisotopic (exact) mass is 418 g/mol. The first-order chi connectivity index (χ1) is 14.4. The molecule has 1 amide bonds. The number of aryl methyl sites for hydroxylation is 1. The second kappa shape index (κ2) is 10.0. The standard InChI is InChI=1S/C22H30N2O6/c1-3-29-22(28)17(10-9-15-7-5-4-6-8-15)23-14(2)20(25)24-13-18-16(11-12-30-18)19(24)21(26)27/h4-8,14,16-19,23H,3,9-13H2,1-2H3,(H,26,27)/t14?,16?,17-,18?,19-/m0/s1. The van der Waals surface area contributed by atoms with E-state index in [4.69, 9.17) is 9.47 Å². The SMILES string of the molecule is CCOC(=O)[C@H](CCc1ccccc1)NC(C)C(=O)N1CC2OCCC2[C@H]1C(=O)O. The Bertz CT molecular complexity index is 755. The predicted molar refractivity (Wildman–Crippen MR) is 109 cm³/mol. The number of fused-ring (bicyclic) bond motifs is 1. The number of likely N-dealkylation sites (tertiary alicyclic amines) is 1. The first-order valence-electron chi connectivity index (χ1n) is 10.5. The van der Waals surface area contributed by atoms with Gasteiger partial charge in [0.15, 0.2) is 0 Å². The summed E-state index contributed by atoms with van der Waals surface area (Å²) in [4.78, 5) is 38.7. The Labute approximate surface area is 176 Å². The number of benzene rings is 1. The minimum absolute atomic E-state index is 0.183. The normalized spacial score (nSPS) is 24.9. The third kappa shape index (κ3) is 4.99. The Morgan fingerprint density at radius 3 is 2.70 bits per heavy atom. The molecule has 2 heterocycles. The van der Waals surface area contributed by atoms with Gasteiger partial charge >= 0.3 is 11.9 Å². The van der Waals surface area contributed by atoms with Crippen LogP contribution in [0.3, 0.4) is 0 Å². The van der Waals surface area contributed by atoms with Gasteiger partial charge in [0.05, 0.1) is 18.8 Å². The topological polar surface area (TPSA) is 105 Å². The first-order valence-corrected chi connectivity index (χ1v) is 10.5. The van der Waals surface area contributed by atoms with Gasteiger partial charge in [-0.25, -0.2) is 4.79 Å². The number of nitrogens with zero attached hydrogens (tertiary/aromatic N) is 1. The van der Waals surface area contributed by atoms with Gasteiger partial charge in [-0.1, -0.05) is 30.3 Å². The van der Waals surface area contributed by atoms with Crippen molar-refractivity contribution in [3.8, 4) is 0 Å². The van der Waals surface area contributed by atoms with E-state index in [1.54, 1.807) is 13.8 Å². The number of hydrogen-bond donors (Lipinski definition) is 2. The minimum atomic E-state index is -1.01. The summed E-state index contributed by atoms with van der Waals surface area (Å²) >= 11 is 0. The zero-order chi connectivity index (χ0) is 21.7. The van der Waals surface area contributed by atoms with E-state index in [2.05, 4.69) is 5.32 Å². The van der Waals surface area contributed by atoms with Crippen molar-refractivity contribution in [2.75, 3.05) is 19.8 Å². The molecule has 1 aromatic carbocycles. The number of aliphatic carboxylic acids is 1. The van der Waals surface area contributed by atoms with Crippen LogP contribution >= 0.6 is 0 Å². The van der Waals surface area contributed by atoms with Crippen molar-refractivity contribution in [3.63, 3.8) is 0 Å². The maximum absolute atomic E-state index is 13.1. The van der Waals surface area contributed by atoms with E-state index in [0.717, 1.165) is 5.56 Å². The molecule has 2 aliphatic heterocycles. The van der Waals surface area contributed by atoms with E-state index < -0.39 is 30.1 Å². The van der Waals surface area contributed by atoms with Gasteiger partial charge in [-0.05, 0) is 38.7 Å². The summed E-state index contributed by atoms with van der Waals surface area (Å²) in [6.45, 7) is 4.44. The van der Waals surface area contributed by atoms with Gasteiger partial charge in [-0.15, -0.1) is 0 Å². The van der Waals surface area contributed by atoms with Crippen LogP contribution < -0.4 is 5.32 Å². The van der Waals surface area contributed by atoms with Crippen LogP contribution in [0.1, 0.15) is 32.3 Å². The third-order valence-corrected chi connectivity index (χ3v) is 5.87. The van der Waals surface area contributed by atoms with Gasteiger partial charge in [-0.3, -0.25) is 14.9 Å². The fourth-order valence-corrected chi connectivity index (χ4v) is 4.39. The minimum Gasteiger partial charge on any atom is -0.480 e. The number of rotatable bonds is 9. The highest BCUT2D eigenvalue weighted by Gasteiger charge is 2.51. The molecule has 8 heteroatoms. The number of hydrogen-bond acceptors (Lipinski definition) is 6. The Kier molecular flexibility index (Phi) is 7.44. The molecule has 0 aromatic heterocycles. The maximum atomic E-state index is 13.1. The van der Waals surface area contributed by atoms with Gasteiger partial charge in [0, 0.05) is 19.1 Å². The van der Waals surface area contributed by atoms with Crippen molar-refractivity contribution in [2.24, 2.45) is 5.92 Å². The largest absolute Gasteiger partial charge is 0.480 e. The summed E-state index contributed by atoms with van der Waals surface area (Å²) in [5, 5.41) is 12.7. The lowest BCUT2D eigenvalue weighted by atomic mass is 9.97. The molecule has 0 spiro atoms. The highest BCUT2D eigenvalue weighted by atomic mass is 16.5. The molecule has 0 radical (unpaired) electrons. The van der Waals surface area contributed by atoms with Crippen molar-refractivity contribution in [1.29, 1.82) is 0 Å². The number of ether oxygens (including phenoxy) is 2. The van der Waals surface area contributed by atoms with Crippen LogP contribution in [0.15, 0.2) is 30.3 Å². The van der Waals surface area contributed by atoms with Crippen LogP contribution in [-0.2, 0) is 30.3 Å². The number of nitrogens with one attached hydrogen (secondary N) is 1. The Hall–Kier alpha value is -2.45. The van der Waals surface area contributed by atoms with Crippen LogP contribution in [0.25, 0.3) is 0 Å². The lowest BCUT2D eigenvalue weighted by Gasteiger charge is -2.29. The lowest BCUT2D eigenvalue weighted by Crippen LogP contribution is -2.54. The Balaban J connectivity index is 1.66. The average Bonchev–Trinajstić information content (AvgIpc) is 3.32. The van der Waals surface area contributed by atoms with Crippen molar-refractivity contribution >= 4 is 17.8 Å². The van der Waals surface area contributed by atoms with Gasteiger partial charge < -0.3 is 19.5 Å². The number of amides is 1. The lowest BCUT2D eigenvalue weighted by molar-refractivity contribution is -0.151. The smallest absolute Gasteiger partial charge is 0.326 e. The summed E-state index contributed by atoms with van der Waals surface area (Å²) in [6.07, 6.45) is 1.52. The summed E-state index contributed by atoms with van der Waals surface area (Å²) in [5.74, 6) is -1.95. The quantitative estimate of drug-likeness (QED) is 0.581. The number of esters is 1. The molecule has 0 saturated carbocycles. The summed E-state index contributed by atoms with van der Waals surface area (Å²) in [6, 6.07) is 7.49. The van der Waals surface area contributed by atoms with Gasteiger partial charge in [-0.2, -0.15) is 0 Å². The Morgan fingerprint density at radius 2 is 2.03 bits per heavy atom. The zero-order valence-corrected chi connectivity index (χ0v) is 17.5. The van der Waals surface area contributed by atoms with Crippen LogP contribution in [0.5, 0.6) is 0 Å². The van der Waals surface area contributed by atoms with E-state index in [1.165, 1.54) is 4.90 Å². The second-order valence-electron chi connectivity index (χ2n) is 7.85. The molecule has 2 aliphatic rings. The molecule has 1 aromatic rings. The average molecular weight is 418 g/mol. The van der Waals surface area contributed by atoms with Crippen molar-refractivity contribution in [3.05, 3.63) is 35.9 Å². The van der Waals surface area contributed by atoms with Crippen LogP contribution in [0, 0.1) is 5.92 Å². The molecule has 2 N–H and O–H groups in total. The van der Waals surface area contributed by atoms with E-state index in [0.29, 0.717) is 25.9 Å². The molecule has 30 heavy (non-hydrogen) atoms. The molecule has 2 saturated heterocycles. The summed E-state index contributed by atoms with van der Waals surface area (Å²) in [7, 11) is 0. The molecule has 3 unspecified atom stereocenters. The number of carboxylic acid groups (broad SMARTS) is 1. The van der Waals surface area contributed by atoms with Crippen molar-refractivity contribution < 1.29 is 29.0 Å². The third-order valence-electron chi connectivity index (χ3n) is 5.87. The van der Waals surface area contributed by atoms with Crippen LogP contribution in [0.2, 0.25) is 0 Å². The predicted octanol–water partition coefficient (Wildman–Crippen LogP) is 1.23. The van der Waals surface area contributed by atoms with Crippen LogP contribution in [-0.4, -0.2) is 71.8 Å². The summed E-state index contributed by atoms with van der Waals surface area (Å²) < 4.78 is 10.8. The highest BCUT2D eigenvalue weighted by Crippen LogP contribution is 2.35. The van der Waals surface area contributed by atoms with Crippen molar-refractivity contribution in [1.82, 2.24) is 10.2 Å². The van der Waals surface area contributed by atoms with E-state index in [9.17, 15) is 19.5 Å². The fraction of sp³-hybridized carbons (Fsp3) is 0.591. The van der Waals surface area contributed by atoms with E-state index in [-0.39, 0.29) is 31.1 Å². The molecule has 8 nitrogen and oxygen atoms in total. The zero-order valence-electron chi connectivity index (χ0n) is 17.5. The molecule has 0 aliphatic carbocycles. The van der Waals surface area contributed by atoms with E-state index in [1.807, 2.05) is 30.3 Å². The second-order valence-corrected chi connectivity index (χ2v) is 7.85. The summed E-state index contributed by atoms with van der Waals surface area (Å²) in [5.41, 5.74) is 1.09. The molecular formula is C22H30N2O6. The number of carbonyl (C=O) groups excluding carboxylic acids is 2. The molecule has 0 bridgehead atoms. The van der Waals surface area contributed by atoms with Gasteiger partial charge in [0.1, 0.15) is 12.1 Å². The van der Waals surface area contributed by atoms with Crippen LogP contribution in [0.4, 0.5) is 0 Å². The fourth-order valence-electron chi connectivity index (χ4n) is 4.39. The number of carbonyl (C=O) groups is 3. The van der Waals surface area contributed by atoms with Gasteiger partial charge in [0.25, 0.3) is 0 Å². The Morgan fingerprint density at radius 1 is 1.30 bits per heavy atom. The highest BCUT2D eigenvalue weighted by molar-refractivity contribution is 5.88. The molecule has 164 valence electrons. The molecular weight excluding hydrogens is 388 g/mol. The first kappa shape index (κ1) is 22.2. The van der Waals surface area contributed by atoms with E-state index >= 15 is 0 Å². The number of carboxylic acids is 1. The van der Waals surface area contributed by atoms with Gasteiger partial charge in [0.2, 0.25) is 5.91 Å².